The summed E-state index contributed by atoms with van der Waals surface area (Å²) in [5, 5.41) is 4.66. The number of likely N-dealkylation sites (tertiary alicyclic amines) is 1. The summed E-state index contributed by atoms with van der Waals surface area (Å²) < 4.78 is 12.6. The largest absolute Gasteiger partial charge is 0.493 e. The van der Waals surface area contributed by atoms with Gasteiger partial charge in [0.2, 0.25) is 5.82 Å². The molecule has 1 saturated heterocycles. The molecule has 0 radical (unpaired) electrons. The lowest BCUT2D eigenvalue weighted by Gasteiger charge is -2.24. The molecule has 3 aromatic carbocycles. The Morgan fingerprint density at radius 3 is 2.32 bits per heavy atom. The van der Waals surface area contributed by atoms with Crippen molar-refractivity contribution in [3.05, 3.63) is 90.3 Å². The summed E-state index contributed by atoms with van der Waals surface area (Å²) in [6.07, 6.45) is 1.78. The van der Waals surface area contributed by atoms with E-state index < -0.39 is 0 Å². The molecule has 0 spiro atoms. The molecule has 2 heterocycles. The average Bonchev–Trinajstić information content (AvgIpc) is 3.57. The van der Waals surface area contributed by atoms with Crippen LogP contribution in [0, 0.1) is 0 Å². The van der Waals surface area contributed by atoms with Gasteiger partial charge in [0.15, 0.2) is 17.3 Å². The number of ether oxygens (including phenoxy) is 2. The Bertz CT molecular complexity index is 1230. The fourth-order valence-corrected chi connectivity index (χ4v) is 4.47. The monoisotopic (exact) mass is 454 g/mol. The molecule has 0 N–H and O–H groups in total. The zero-order valence-corrected chi connectivity index (χ0v) is 19.2. The predicted octanol–water partition coefficient (Wildman–Crippen LogP) is 4.93. The van der Waals surface area contributed by atoms with E-state index in [-0.39, 0.29) is 17.8 Å². The molecule has 0 aliphatic carbocycles. The van der Waals surface area contributed by atoms with Gasteiger partial charge in [-0.1, -0.05) is 54.6 Å². The Morgan fingerprint density at radius 2 is 1.62 bits per heavy atom. The molecule has 7 heteroatoms. The molecule has 1 aliphatic rings. The third-order valence-electron chi connectivity index (χ3n) is 6.14. The summed E-state index contributed by atoms with van der Waals surface area (Å²) in [4.78, 5) is 20.2. The van der Waals surface area contributed by atoms with Crippen LogP contribution in [0.3, 0.4) is 0 Å². The summed E-state index contributed by atoms with van der Waals surface area (Å²) in [5.74, 6) is 1.96. The van der Waals surface area contributed by atoms with Gasteiger partial charge in [0.1, 0.15) is 0 Å². The number of para-hydroxylation sites is 1. The van der Waals surface area contributed by atoms with E-state index in [0.717, 1.165) is 29.7 Å². The third-order valence-corrected chi connectivity index (χ3v) is 6.14. The molecule has 5 rings (SSSR count). The van der Waals surface area contributed by atoms with Crippen LogP contribution in [0.1, 0.15) is 35.1 Å². The minimum Gasteiger partial charge on any atom is -0.493 e. The van der Waals surface area contributed by atoms with Crippen LogP contribution in [-0.4, -0.2) is 46.3 Å². The quantitative estimate of drug-likeness (QED) is 0.413. The van der Waals surface area contributed by atoms with Crippen molar-refractivity contribution in [2.24, 2.45) is 0 Å². The fraction of sp³-hybridized carbons (Fsp3) is 0.222. The van der Waals surface area contributed by atoms with Crippen LogP contribution in [0.25, 0.3) is 17.1 Å². The number of amides is 1. The Morgan fingerprint density at radius 1 is 0.912 bits per heavy atom. The average molecular weight is 455 g/mol. The number of hydrogen-bond acceptors (Lipinski definition) is 5. The molecular formula is C27H26N4O3. The number of hydrogen-bond donors (Lipinski definition) is 0. The molecule has 1 fully saturated rings. The lowest BCUT2D eigenvalue weighted by molar-refractivity contribution is 0.0723. The Balaban J connectivity index is 1.51. The number of nitrogens with zero attached hydrogens (tertiary/aromatic N) is 4. The molecule has 1 atom stereocenters. The van der Waals surface area contributed by atoms with Gasteiger partial charge in [0.25, 0.3) is 5.91 Å². The highest BCUT2D eigenvalue weighted by Crippen LogP contribution is 2.37. The van der Waals surface area contributed by atoms with E-state index in [0.29, 0.717) is 23.9 Å². The van der Waals surface area contributed by atoms with Crippen LogP contribution in [-0.2, 0) is 0 Å². The van der Waals surface area contributed by atoms with E-state index in [9.17, 15) is 4.79 Å². The number of methoxy groups -OCH3 is 2. The molecule has 1 amide bonds. The first-order chi connectivity index (χ1) is 16.7. The topological polar surface area (TPSA) is 69.5 Å². The Kier molecular flexibility index (Phi) is 5.99. The lowest BCUT2D eigenvalue weighted by atomic mass is 10.0. The molecule has 172 valence electrons. The van der Waals surface area contributed by atoms with Gasteiger partial charge < -0.3 is 14.4 Å². The van der Waals surface area contributed by atoms with Crippen LogP contribution in [0.15, 0.2) is 78.9 Å². The molecular weight excluding hydrogens is 428 g/mol. The third kappa shape index (κ3) is 4.01. The van der Waals surface area contributed by atoms with Crippen molar-refractivity contribution < 1.29 is 14.3 Å². The minimum atomic E-state index is -0.177. The second-order valence-corrected chi connectivity index (χ2v) is 8.14. The summed E-state index contributed by atoms with van der Waals surface area (Å²) in [6, 6.07) is 25.3. The van der Waals surface area contributed by atoms with Gasteiger partial charge in [-0.05, 0) is 42.7 Å². The number of aromatic nitrogens is 3. The maximum atomic E-state index is 13.7. The van der Waals surface area contributed by atoms with Gasteiger partial charge in [-0.15, -0.1) is 5.10 Å². The van der Waals surface area contributed by atoms with E-state index >= 15 is 0 Å². The highest BCUT2D eigenvalue weighted by Gasteiger charge is 2.33. The molecule has 4 aromatic rings. The van der Waals surface area contributed by atoms with Gasteiger partial charge in [-0.2, -0.15) is 0 Å². The number of carbonyl (C=O) groups excluding carboxylic acids is 1. The molecule has 7 nitrogen and oxygen atoms in total. The second kappa shape index (κ2) is 9.39. The number of benzene rings is 3. The fourth-order valence-electron chi connectivity index (χ4n) is 4.47. The van der Waals surface area contributed by atoms with E-state index in [1.807, 2.05) is 83.8 Å². The normalized spacial score (nSPS) is 15.4. The van der Waals surface area contributed by atoms with Gasteiger partial charge in [-0.25, -0.2) is 9.67 Å². The Hall–Kier alpha value is -4.13. The molecule has 0 saturated carbocycles. The smallest absolute Gasteiger partial charge is 0.294 e. The maximum Gasteiger partial charge on any atom is 0.294 e. The van der Waals surface area contributed by atoms with Crippen molar-refractivity contribution in [3.8, 4) is 28.6 Å². The highest BCUT2D eigenvalue weighted by molar-refractivity contribution is 5.91. The first-order valence-corrected chi connectivity index (χ1v) is 11.3. The van der Waals surface area contributed by atoms with Crippen molar-refractivity contribution in [2.75, 3.05) is 20.8 Å². The number of carbonyl (C=O) groups is 1. The van der Waals surface area contributed by atoms with Crippen molar-refractivity contribution >= 4 is 5.91 Å². The second-order valence-electron chi connectivity index (χ2n) is 8.14. The van der Waals surface area contributed by atoms with Gasteiger partial charge in [0.05, 0.1) is 25.9 Å². The van der Waals surface area contributed by atoms with Gasteiger partial charge in [0, 0.05) is 12.1 Å². The summed E-state index contributed by atoms with van der Waals surface area (Å²) in [6.45, 7) is 0.651. The SMILES string of the molecule is COc1ccc([C@H]2CCCN2C(=O)c2nc(-c3ccccc3)n(-c3ccccc3)n2)cc1OC. The first-order valence-electron chi connectivity index (χ1n) is 11.3. The van der Waals surface area contributed by atoms with E-state index in [1.165, 1.54) is 0 Å². The lowest BCUT2D eigenvalue weighted by Crippen LogP contribution is -2.31. The molecule has 1 aliphatic heterocycles. The number of rotatable bonds is 6. The molecule has 1 aromatic heterocycles. The van der Waals surface area contributed by atoms with Crippen LogP contribution in [0.2, 0.25) is 0 Å². The zero-order valence-electron chi connectivity index (χ0n) is 19.2. The summed E-state index contributed by atoms with van der Waals surface area (Å²) in [7, 11) is 3.23. The van der Waals surface area contributed by atoms with Crippen molar-refractivity contribution in [1.29, 1.82) is 0 Å². The zero-order chi connectivity index (χ0) is 23.5. The van der Waals surface area contributed by atoms with Crippen LogP contribution < -0.4 is 9.47 Å². The van der Waals surface area contributed by atoms with Crippen LogP contribution in [0.4, 0.5) is 0 Å². The molecule has 0 bridgehead atoms. The van der Waals surface area contributed by atoms with E-state index in [2.05, 4.69) is 5.10 Å². The molecule has 0 unspecified atom stereocenters. The highest BCUT2D eigenvalue weighted by atomic mass is 16.5. The standard InChI is InChI=1S/C27H26N4O3/c1-33-23-16-15-20(18-24(23)34-2)22-14-9-17-30(22)27(32)25-28-26(19-10-5-3-6-11-19)31(29-25)21-12-7-4-8-13-21/h3-8,10-13,15-16,18,22H,9,14,17H2,1-2H3/t22-/m1/s1. The van der Waals surface area contributed by atoms with Crippen LogP contribution in [0.5, 0.6) is 11.5 Å². The summed E-state index contributed by atoms with van der Waals surface area (Å²) >= 11 is 0. The van der Waals surface area contributed by atoms with Crippen molar-refractivity contribution in [2.45, 2.75) is 18.9 Å². The first kappa shape index (κ1) is 21.7. The van der Waals surface area contributed by atoms with E-state index in [1.54, 1.807) is 18.9 Å². The molecule has 34 heavy (non-hydrogen) atoms. The summed E-state index contributed by atoms with van der Waals surface area (Å²) in [5.41, 5.74) is 2.76. The van der Waals surface area contributed by atoms with E-state index in [4.69, 9.17) is 14.5 Å². The predicted molar refractivity (Wildman–Crippen MR) is 129 cm³/mol. The van der Waals surface area contributed by atoms with Crippen LogP contribution >= 0.6 is 0 Å². The maximum absolute atomic E-state index is 13.7. The Labute approximate surface area is 198 Å². The van der Waals surface area contributed by atoms with Gasteiger partial charge in [-0.3, -0.25) is 4.79 Å². The van der Waals surface area contributed by atoms with Crippen molar-refractivity contribution in [1.82, 2.24) is 19.7 Å². The van der Waals surface area contributed by atoms with Crippen molar-refractivity contribution in [3.63, 3.8) is 0 Å². The minimum absolute atomic E-state index is 0.0730. The van der Waals surface area contributed by atoms with Gasteiger partial charge >= 0.3 is 0 Å².